The third kappa shape index (κ3) is 4.12. The summed E-state index contributed by atoms with van der Waals surface area (Å²) in [6.07, 6.45) is 3.68. The highest BCUT2D eigenvalue weighted by Crippen LogP contribution is 2.19. The molecule has 2 aromatic rings. The van der Waals surface area contributed by atoms with Crippen LogP contribution < -0.4 is 5.32 Å². The molecule has 1 fully saturated rings. The Bertz CT molecular complexity index is 823. The normalized spacial score (nSPS) is 16.4. The van der Waals surface area contributed by atoms with Crippen LogP contribution in [0.5, 0.6) is 0 Å². The number of amides is 2. The van der Waals surface area contributed by atoms with Gasteiger partial charge < -0.3 is 10.2 Å². The van der Waals surface area contributed by atoms with Gasteiger partial charge in [0.2, 0.25) is 11.8 Å². The molecule has 2 aromatic heterocycles. The summed E-state index contributed by atoms with van der Waals surface area (Å²) in [5.74, 6) is 0.210. The van der Waals surface area contributed by atoms with Crippen LogP contribution in [0.25, 0.3) is 0 Å². The van der Waals surface area contributed by atoms with Gasteiger partial charge in [-0.25, -0.2) is 4.98 Å². The Hall–Kier alpha value is -2.22. The average molecular weight is 373 g/mol. The van der Waals surface area contributed by atoms with E-state index in [4.69, 9.17) is 0 Å². The molecule has 1 N–H and O–H groups in total. The minimum atomic E-state index is 0.105. The number of aryl methyl sites for hydroxylation is 2. The maximum Gasteiger partial charge on any atom is 0.229 e. The van der Waals surface area contributed by atoms with Crippen LogP contribution in [0.1, 0.15) is 41.4 Å². The first-order chi connectivity index (χ1) is 12.6. The third-order valence-electron chi connectivity index (χ3n) is 4.75. The number of nitrogens with one attached hydrogen (secondary N) is 1. The van der Waals surface area contributed by atoms with Crippen molar-refractivity contribution in [2.24, 2.45) is 0 Å². The summed E-state index contributed by atoms with van der Waals surface area (Å²) in [4.78, 5) is 30.6. The van der Waals surface area contributed by atoms with E-state index in [-0.39, 0.29) is 11.8 Å². The standard InChI is InChI=1S/C18H23N5O2S/c1-12-19-15(11-26-12)9-18(25)22-6-7-23-16(10-22)8-14(21-23)4-5-17(24)20-13-2-3-13/h8,11,13H,2-7,9-10H2,1H3,(H,20,24). The average Bonchev–Trinajstić information content (AvgIpc) is 3.18. The Morgan fingerprint density at radius 2 is 2.15 bits per heavy atom. The molecule has 2 amide bonds. The van der Waals surface area contributed by atoms with Crippen molar-refractivity contribution in [2.75, 3.05) is 6.54 Å². The van der Waals surface area contributed by atoms with Crippen molar-refractivity contribution >= 4 is 23.2 Å². The molecule has 7 nitrogen and oxygen atoms in total. The summed E-state index contributed by atoms with van der Waals surface area (Å²) in [7, 11) is 0. The van der Waals surface area contributed by atoms with Gasteiger partial charge in [-0.1, -0.05) is 0 Å². The van der Waals surface area contributed by atoms with E-state index in [1.54, 1.807) is 11.3 Å². The molecule has 0 atom stereocenters. The van der Waals surface area contributed by atoms with E-state index < -0.39 is 0 Å². The fraction of sp³-hybridized carbons (Fsp3) is 0.556. The molecule has 1 saturated carbocycles. The smallest absolute Gasteiger partial charge is 0.229 e. The number of fused-ring (bicyclic) bond motifs is 1. The minimum Gasteiger partial charge on any atom is -0.353 e. The number of hydrogen-bond donors (Lipinski definition) is 1. The zero-order chi connectivity index (χ0) is 18.1. The lowest BCUT2D eigenvalue weighted by Gasteiger charge is -2.27. The largest absolute Gasteiger partial charge is 0.353 e. The van der Waals surface area contributed by atoms with E-state index in [1.165, 1.54) is 0 Å². The molecular formula is C18H23N5O2S. The van der Waals surface area contributed by atoms with Gasteiger partial charge >= 0.3 is 0 Å². The highest BCUT2D eigenvalue weighted by molar-refractivity contribution is 7.09. The Balaban J connectivity index is 1.32. The summed E-state index contributed by atoms with van der Waals surface area (Å²) in [6.45, 7) is 3.89. The van der Waals surface area contributed by atoms with Gasteiger partial charge in [-0.2, -0.15) is 5.10 Å². The molecule has 8 heteroatoms. The molecule has 0 unspecified atom stereocenters. The van der Waals surface area contributed by atoms with Crippen molar-refractivity contribution in [3.8, 4) is 0 Å². The lowest BCUT2D eigenvalue weighted by molar-refractivity contribution is -0.132. The second-order valence-corrected chi connectivity index (χ2v) is 8.10. The van der Waals surface area contributed by atoms with Gasteiger partial charge in [0.25, 0.3) is 0 Å². The fourth-order valence-corrected chi connectivity index (χ4v) is 3.80. The van der Waals surface area contributed by atoms with Crippen molar-refractivity contribution in [2.45, 2.75) is 58.2 Å². The molecule has 138 valence electrons. The van der Waals surface area contributed by atoms with Crippen molar-refractivity contribution in [3.63, 3.8) is 0 Å². The Morgan fingerprint density at radius 1 is 1.31 bits per heavy atom. The first-order valence-corrected chi connectivity index (χ1v) is 9.98. The summed E-state index contributed by atoms with van der Waals surface area (Å²) in [5.41, 5.74) is 2.81. The SMILES string of the molecule is Cc1nc(CC(=O)N2CCn3nc(CCC(=O)NC4CC4)cc3C2)cs1. The topological polar surface area (TPSA) is 80.1 Å². The molecule has 0 bridgehead atoms. The van der Waals surface area contributed by atoms with Gasteiger partial charge in [0, 0.05) is 30.8 Å². The van der Waals surface area contributed by atoms with Crippen molar-refractivity contribution < 1.29 is 9.59 Å². The molecule has 0 saturated heterocycles. The molecule has 1 aliphatic heterocycles. The Labute approximate surface area is 156 Å². The molecule has 0 radical (unpaired) electrons. The van der Waals surface area contributed by atoms with Crippen LogP contribution in [0, 0.1) is 6.92 Å². The lowest BCUT2D eigenvalue weighted by Crippen LogP contribution is -2.39. The molecule has 3 heterocycles. The highest BCUT2D eigenvalue weighted by atomic mass is 32.1. The van der Waals surface area contributed by atoms with Gasteiger partial charge in [0.1, 0.15) is 0 Å². The van der Waals surface area contributed by atoms with E-state index in [0.717, 1.165) is 34.9 Å². The van der Waals surface area contributed by atoms with Crippen LogP contribution in [0.2, 0.25) is 0 Å². The summed E-state index contributed by atoms with van der Waals surface area (Å²) in [6, 6.07) is 2.43. The number of hydrogen-bond acceptors (Lipinski definition) is 5. The molecule has 26 heavy (non-hydrogen) atoms. The van der Waals surface area contributed by atoms with Gasteiger partial charge in [-0.15, -0.1) is 11.3 Å². The van der Waals surface area contributed by atoms with Crippen molar-refractivity contribution in [3.05, 3.63) is 33.5 Å². The van der Waals surface area contributed by atoms with Crippen molar-refractivity contribution in [1.82, 2.24) is 25.0 Å². The van der Waals surface area contributed by atoms with Crippen LogP contribution >= 0.6 is 11.3 Å². The molecule has 1 aliphatic carbocycles. The van der Waals surface area contributed by atoms with Gasteiger partial charge in [0.05, 0.1) is 41.6 Å². The molecule has 2 aliphatic rings. The number of aromatic nitrogens is 3. The number of carbonyl (C=O) groups is 2. The Morgan fingerprint density at radius 3 is 2.88 bits per heavy atom. The predicted octanol–water partition coefficient (Wildman–Crippen LogP) is 1.44. The summed E-state index contributed by atoms with van der Waals surface area (Å²) < 4.78 is 1.96. The lowest BCUT2D eigenvalue weighted by atomic mass is 10.2. The van der Waals surface area contributed by atoms with Crippen LogP contribution in [0.3, 0.4) is 0 Å². The zero-order valence-electron chi connectivity index (χ0n) is 14.9. The maximum atomic E-state index is 12.5. The number of rotatable bonds is 6. The molecular weight excluding hydrogens is 350 g/mol. The van der Waals surface area contributed by atoms with E-state index >= 15 is 0 Å². The quantitative estimate of drug-likeness (QED) is 0.831. The molecule has 4 rings (SSSR count). The van der Waals surface area contributed by atoms with Crippen LogP contribution in [-0.2, 0) is 35.5 Å². The third-order valence-corrected chi connectivity index (χ3v) is 5.57. The zero-order valence-corrected chi connectivity index (χ0v) is 15.7. The predicted molar refractivity (Wildman–Crippen MR) is 97.7 cm³/mol. The number of thiazole rings is 1. The molecule has 0 spiro atoms. The highest BCUT2D eigenvalue weighted by Gasteiger charge is 2.24. The Kier molecular flexibility index (Phi) is 4.76. The van der Waals surface area contributed by atoms with E-state index in [0.29, 0.717) is 44.9 Å². The number of carbonyl (C=O) groups excluding carboxylic acids is 2. The van der Waals surface area contributed by atoms with Crippen LogP contribution in [0.15, 0.2) is 11.4 Å². The fourth-order valence-electron chi connectivity index (χ4n) is 3.19. The minimum absolute atomic E-state index is 0.105. The van der Waals surface area contributed by atoms with Gasteiger partial charge in [-0.3, -0.25) is 14.3 Å². The van der Waals surface area contributed by atoms with E-state index in [2.05, 4.69) is 15.4 Å². The summed E-state index contributed by atoms with van der Waals surface area (Å²) >= 11 is 1.57. The van der Waals surface area contributed by atoms with E-state index in [1.807, 2.05) is 28.0 Å². The number of nitrogens with zero attached hydrogens (tertiary/aromatic N) is 4. The first kappa shape index (κ1) is 17.2. The van der Waals surface area contributed by atoms with Crippen molar-refractivity contribution in [1.29, 1.82) is 0 Å². The first-order valence-electron chi connectivity index (χ1n) is 9.10. The maximum absolute atomic E-state index is 12.5. The second-order valence-electron chi connectivity index (χ2n) is 7.04. The second kappa shape index (κ2) is 7.19. The van der Waals surface area contributed by atoms with Crippen LogP contribution in [0.4, 0.5) is 0 Å². The summed E-state index contributed by atoms with van der Waals surface area (Å²) in [5, 5.41) is 10.5. The van der Waals surface area contributed by atoms with Crippen LogP contribution in [-0.4, -0.2) is 44.1 Å². The molecule has 0 aromatic carbocycles. The van der Waals surface area contributed by atoms with E-state index in [9.17, 15) is 9.59 Å². The van der Waals surface area contributed by atoms with Gasteiger partial charge in [-0.05, 0) is 25.8 Å². The van der Waals surface area contributed by atoms with Gasteiger partial charge in [0.15, 0.2) is 0 Å². The monoisotopic (exact) mass is 373 g/mol.